The number of rotatable bonds is 8. The fourth-order valence-electron chi connectivity index (χ4n) is 6.65. The number of pyridine rings is 1. The van der Waals surface area contributed by atoms with Crippen LogP contribution in [0, 0.1) is 10.4 Å². The van der Waals surface area contributed by atoms with Crippen molar-refractivity contribution in [1.29, 1.82) is 0 Å². The van der Waals surface area contributed by atoms with Gasteiger partial charge in [0, 0.05) is 59.1 Å². The van der Waals surface area contributed by atoms with Gasteiger partial charge >= 0.3 is 0 Å². The van der Waals surface area contributed by atoms with E-state index < -0.39 is 0 Å². The summed E-state index contributed by atoms with van der Waals surface area (Å²) in [6.07, 6.45) is 11.4. The number of carbonyl (C=O) groups is 1. The first-order chi connectivity index (χ1) is 23.4. The summed E-state index contributed by atoms with van der Waals surface area (Å²) < 4.78 is 2.16. The fourth-order valence-corrected chi connectivity index (χ4v) is 6.65. The third kappa shape index (κ3) is 5.33. The zero-order valence-electron chi connectivity index (χ0n) is 27.2. The van der Waals surface area contributed by atoms with Crippen LogP contribution < -0.4 is 35.9 Å². The number of ketones is 1. The van der Waals surface area contributed by atoms with Crippen LogP contribution in [0.25, 0.3) is 28.6 Å². The lowest BCUT2D eigenvalue weighted by Gasteiger charge is -2.33. The summed E-state index contributed by atoms with van der Waals surface area (Å²) in [7, 11) is 0. The summed E-state index contributed by atoms with van der Waals surface area (Å²) in [4.78, 5) is 42.0. The Bertz CT molecular complexity index is 2460. The highest BCUT2D eigenvalue weighted by Gasteiger charge is 2.28. The Morgan fingerprint density at radius 3 is 2.21 bits per heavy atom. The number of hydrogen-bond donors (Lipinski definition) is 0. The second kappa shape index (κ2) is 12.9. The molecule has 48 heavy (non-hydrogen) atoms. The van der Waals surface area contributed by atoms with E-state index in [1.54, 1.807) is 36.4 Å². The Morgan fingerprint density at radius 1 is 0.750 bits per heavy atom. The quantitative estimate of drug-likeness (QED) is 0.240. The topological polar surface area (TPSA) is 81.4 Å². The number of para-hydroxylation sites is 2. The van der Waals surface area contributed by atoms with Crippen LogP contribution in [-0.4, -0.2) is 12.3 Å². The van der Waals surface area contributed by atoms with Crippen LogP contribution in [0.2, 0.25) is 0 Å². The van der Waals surface area contributed by atoms with E-state index in [1.807, 2.05) is 48.6 Å². The molecule has 1 aliphatic heterocycles. The third-order valence-electron chi connectivity index (χ3n) is 9.35. The number of carbonyl (C=O) groups excluding carboxylic acids is 1. The monoisotopic (exact) mass is 632 g/mol. The highest BCUT2D eigenvalue weighted by Crippen LogP contribution is 2.34. The minimum atomic E-state index is -0.302. The third-order valence-corrected chi connectivity index (χ3v) is 9.35. The van der Waals surface area contributed by atoms with E-state index in [-0.39, 0.29) is 44.0 Å². The van der Waals surface area contributed by atoms with Crippen molar-refractivity contribution < 1.29 is 14.5 Å². The molecule has 2 heterocycles. The summed E-state index contributed by atoms with van der Waals surface area (Å²) in [5.41, 5.74) is 4.52. The highest BCUT2D eigenvalue weighted by molar-refractivity contribution is 6.37. The smallest absolute Gasteiger partial charge is 0.212 e. The number of allylic oxidation sites excluding steroid dienone is 4. The molecule has 0 saturated carbocycles. The maximum absolute atomic E-state index is 13.3. The molecule has 0 spiro atoms. The number of anilines is 1. The largest absolute Gasteiger partial charge is 0.871 e. The van der Waals surface area contributed by atoms with Crippen molar-refractivity contribution in [2.75, 3.05) is 11.4 Å². The Labute approximate surface area is 278 Å². The second-order valence-corrected chi connectivity index (χ2v) is 12.4. The molecule has 6 heteroatoms. The number of fused-ring (bicyclic) bond motifs is 2. The molecular formula is C42H36N2O4. The average molecular weight is 633 g/mol. The zero-order valence-corrected chi connectivity index (χ0v) is 27.2. The van der Waals surface area contributed by atoms with Crippen LogP contribution in [0.3, 0.4) is 0 Å². The molecule has 1 aromatic heterocycles. The van der Waals surface area contributed by atoms with Gasteiger partial charge in [0.25, 0.3) is 0 Å². The number of nitrogens with zero attached hydrogens (tertiary/aromatic N) is 2. The van der Waals surface area contributed by atoms with Gasteiger partial charge in [-0.25, -0.2) is 0 Å². The maximum Gasteiger partial charge on any atom is 0.212 e. The lowest BCUT2D eigenvalue weighted by Crippen LogP contribution is -2.51. The molecule has 0 unspecified atom stereocenters. The van der Waals surface area contributed by atoms with Gasteiger partial charge in [-0.1, -0.05) is 93.1 Å². The van der Waals surface area contributed by atoms with E-state index in [0.717, 1.165) is 72.3 Å². The van der Waals surface area contributed by atoms with Crippen molar-refractivity contribution in [3.05, 3.63) is 167 Å². The van der Waals surface area contributed by atoms with Gasteiger partial charge in [-0.05, 0) is 52.8 Å². The Morgan fingerprint density at radius 2 is 1.46 bits per heavy atom. The van der Waals surface area contributed by atoms with Crippen molar-refractivity contribution >= 4 is 40.1 Å². The molecule has 4 aromatic carbocycles. The lowest BCUT2D eigenvalue weighted by molar-refractivity contribution is -0.673. The van der Waals surface area contributed by atoms with Gasteiger partial charge in [0.05, 0.1) is 10.4 Å². The molecule has 0 saturated heterocycles. The molecule has 0 bridgehead atoms. The molecule has 5 aromatic rings. The van der Waals surface area contributed by atoms with Gasteiger partial charge in [0.2, 0.25) is 22.1 Å². The fraction of sp³-hybridized carbons (Fsp3) is 0.190. The van der Waals surface area contributed by atoms with Gasteiger partial charge < -0.3 is 10.0 Å². The van der Waals surface area contributed by atoms with Gasteiger partial charge in [0.15, 0.2) is 5.78 Å². The van der Waals surface area contributed by atoms with Crippen LogP contribution >= 0.6 is 0 Å². The van der Waals surface area contributed by atoms with Crippen LogP contribution in [0.15, 0.2) is 124 Å². The first-order valence-corrected chi connectivity index (χ1v) is 16.7. The van der Waals surface area contributed by atoms with E-state index in [4.69, 9.17) is 0 Å². The molecule has 0 fully saturated rings. The van der Waals surface area contributed by atoms with Crippen LogP contribution in [0.1, 0.15) is 50.8 Å². The Hall–Kier alpha value is -5.62. The van der Waals surface area contributed by atoms with Crippen molar-refractivity contribution in [3.8, 4) is 0 Å². The SMILES string of the molecule is CCCCN1C(=CC2=C([O-])C(=c3ccc(=c4c(=O)c(=Cc5ccc6ccccc6[n+]5CCCC)c4=O)cc3)C2=O)C=Cc2ccccc21. The number of aryl methyl sites for hydroxylation is 1. The number of aromatic nitrogens is 1. The molecule has 0 radical (unpaired) electrons. The lowest BCUT2D eigenvalue weighted by atomic mass is 9.85. The first kappa shape index (κ1) is 31.0. The summed E-state index contributed by atoms with van der Waals surface area (Å²) in [6.45, 7) is 5.84. The summed E-state index contributed by atoms with van der Waals surface area (Å²) >= 11 is 0. The molecule has 6 nitrogen and oxygen atoms in total. The predicted octanol–water partition coefficient (Wildman–Crippen LogP) is 4.20. The zero-order chi connectivity index (χ0) is 33.4. The van der Waals surface area contributed by atoms with Gasteiger partial charge in [-0.3, -0.25) is 14.4 Å². The van der Waals surface area contributed by atoms with E-state index in [1.165, 1.54) is 0 Å². The number of hydrogen-bond acceptors (Lipinski definition) is 5. The highest BCUT2D eigenvalue weighted by atomic mass is 16.3. The minimum Gasteiger partial charge on any atom is -0.871 e. The standard InChI is InChI=1S/C42H36N2O4/c1-3-5-23-43-31(21-19-27-11-7-9-13-35(27)43)25-33-39(45)37(40(33)46)29-15-17-30(18-16-29)38-41(47)34(42(38)48)26-32-22-20-28-12-8-10-14-36(28)44(32)24-6-4-2/h7-22,25-26H,3-6,23-24H2,1-2H3. The Kier molecular flexibility index (Phi) is 8.32. The molecule has 0 amide bonds. The molecule has 238 valence electrons. The number of benzene rings is 3. The summed E-state index contributed by atoms with van der Waals surface area (Å²) in [5, 5.41) is 15.6. The molecule has 2 aliphatic rings. The van der Waals surface area contributed by atoms with Crippen molar-refractivity contribution in [3.63, 3.8) is 0 Å². The van der Waals surface area contributed by atoms with Crippen LogP contribution in [0.5, 0.6) is 0 Å². The van der Waals surface area contributed by atoms with Crippen LogP contribution in [0.4, 0.5) is 5.69 Å². The predicted molar refractivity (Wildman–Crippen MR) is 189 cm³/mol. The summed E-state index contributed by atoms with van der Waals surface area (Å²) in [6, 6.07) is 26.7. The number of Topliss-reactive ketones (excluding diaryl/α,β-unsaturated/α-hetero) is 1. The van der Waals surface area contributed by atoms with E-state index in [9.17, 15) is 19.5 Å². The van der Waals surface area contributed by atoms with E-state index in [2.05, 4.69) is 47.6 Å². The second-order valence-electron chi connectivity index (χ2n) is 12.4. The summed E-state index contributed by atoms with van der Waals surface area (Å²) in [5.74, 6) is -0.605. The molecule has 0 N–H and O–H groups in total. The van der Waals surface area contributed by atoms with Crippen LogP contribution in [-0.2, 0) is 11.3 Å². The Balaban J connectivity index is 1.24. The van der Waals surface area contributed by atoms with E-state index >= 15 is 0 Å². The first-order valence-electron chi connectivity index (χ1n) is 16.7. The molecule has 0 atom stereocenters. The van der Waals surface area contributed by atoms with Crippen molar-refractivity contribution in [1.82, 2.24) is 0 Å². The normalized spacial score (nSPS) is 15.0. The number of unbranched alkanes of at least 4 members (excludes halogenated alkanes) is 2. The molecule has 7 rings (SSSR count). The van der Waals surface area contributed by atoms with Crippen molar-refractivity contribution in [2.45, 2.75) is 46.1 Å². The van der Waals surface area contributed by atoms with E-state index in [0.29, 0.717) is 10.4 Å². The maximum atomic E-state index is 13.3. The molecule has 1 aliphatic carbocycles. The van der Waals surface area contributed by atoms with Gasteiger partial charge in [0.1, 0.15) is 6.54 Å². The minimum absolute atomic E-state index is 0.124. The van der Waals surface area contributed by atoms with Gasteiger partial charge in [-0.2, -0.15) is 4.57 Å². The van der Waals surface area contributed by atoms with Gasteiger partial charge in [-0.15, -0.1) is 0 Å². The average Bonchev–Trinajstić information content (AvgIpc) is 3.12. The van der Waals surface area contributed by atoms with Crippen molar-refractivity contribution in [2.24, 2.45) is 0 Å². The molecular weight excluding hydrogens is 596 g/mol.